The zero-order valence-electron chi connectivity index (χ0n) is 12.5. The second-order valence-electron chi connectivity index (χ2n) is 5.36. The van der Waals surface area contributed by atoms with Crippen molar-refractivity contribution in [3.8, 4) is 5.75 Å². The summed E-state index contributed by atoms with van der Waals surface area (Å²) in [7, 11) is 0. The minimum Gasteiger partial charge on any atom is -0.406 e. The Morgan fingerprint density at radius 1 is 1.00 bits per heavy atom. The van der Waals surface area contributed by atoms with Gasteiger partial charge in [0.1, 0.15) is 5.75 Å². The molecule has 0 saturated heterocycles. The van der Waals surface area contributed by atoms with Gasteiger partial charge in [0, 0.05) is 17.1 Å². The van der Waals surface area contributed by atoms with Crippen LogP contribution in [0.25, 0.3) is 10.9 Å². The molecule has 0 amide bonds. The van der Waals surface area contributed by atoms with Gasteiger partial charge in [-0.1, -0.05) is 30.3 Å². The SMILES string of the molecule is OCc1cccc2cc(Cc3cccc(OC(F)(F)F)c3)cnc12. The highest BCUT2D eigenvalue weighted by Crippen LogP contribution is 2.25. The highest BCUT2D eigenvalue weighted by Gasteiger charge is 2.31. The summed E-state index contributed by atoms with van der Waals surface area (Å²) in [5.74, 6) is -0.240. The number of aliphatic hydroxyl groups excluding tert-OH is 1. The zero-order chi connectivity index (χ0) is 17.2. The van der Waals surface area contributed by atoms with Crippen LogP contribution >= 0.6 is 0 Å². The van der Waals surface area contributed by atoms with Gasteiger partial charge >= 0.3 is 6.36 Å². The van der Waals surface area contributed by atoms with Gasteiger partial charge in [0.25, 0.3) is 0 Å². The summed E-state index contributed by atoms with van der Waals surface area (Å²) < 4.78 is 40.8. The van der Waals surface area contributed by atoms with E-state index in [1.807, 2.05) is 18.2 Å². The zero-order valence-corrected chi connectivity index (χ0v) is 12.5. The second-order valence-corrected chi connectivity index (χ2v) is 5.36. The molecule has 3 nitrogen and oxygen atoms in total. The third-order valence-electron chi connectivity index (χ3n) is 3.56. The third kappa shape index (κ3) is 3.83. The van der Waals surface area contributed by atoms with E-state index in [0.717, 1.165) is 22.0 Å². The number of rotatable bonds is 4. The first kappa shape index (κ1) is 16.3. The van der Waals surface area contributed by atoms with E-state index in [1.54, 1.807) is 18.3 Å². The molecule has 6 heteroatoms. The van der Waals surface area contributed by atoms with E-state index in [4.69, 9.17) is 0 Å². The number of fused-ring (bicyclic) bond motifs is 1. The molecular weight excluding hydrogens is 319 g/mol. The quantitative estimate of drug-likeness (QED) is 0.777. The lowest BCUT2D eigenvalue weighted by atomic mass is 10.0. The molecule has 0 unspecified atom stereocenters. The summed E-state index contributed by atoms with van der Waals surface area (Å²) in [6.45, 7) is -0.0967. The van der Waals surface area contributed by atoms with Crippen molar-refractivity contribution in [1.29, 1.82) is 0 Å². The van der Waals surface area contributed by atoms with Crippen LogP contribution in [0.3, 0.4) is 0 Å². The molecule has 3 aromatic rings. The summed E-state index contributed by atoms with van der Waals surface area (Å²) >= 11 is 0. The number of para-hydroxylation sites is 1. The Bertz CT molecular complexity index is 862. The monoisotopic (exact) mass is 333 g/mol. The van der Waals surface area contributed by atoms with Crippen LogP contribution in [0.5, 0.6) is 5.75 Å². The largest absolute Gasteiger partial charge is 0.573 e. The van der Waals surface area contributed by atoms with Crippen molar-refractivity contribution in [2.24, 2.45) is 0 Å². The summed E-state index contributed by atoms with van der Waals surface area (Å²) in [5, 5.41) is 10.2. The van der Waals surface area contributed by atoms with Crippen molar-refractivity contribution in [2.45, 2.75) is 19.4 Å². The van der Waals surface area contributed by atoms with Crippen LogP contribution in [0.4, 0.5) is 13.2 Å². The molecule has 124 valence electrons. The van der Waals surface area contributed by atoms with Gasteiger partial charge in [-0.25, -0.2) is 0 Å². The third-order valence-corrected chi connectivity index (χ3v) is 3.56. The molecule has 0 bridgehead atoms. The fourth-order valence-electron chi connectivity index (χ4n) is 2.58. The molecule has 0 spiro atoms. The predicted octanol–water partition coefficient (Wildman–Crippen LogP) is 4.22. The van der Waals surface area contributed by atoms with Gasteiger partial charge in [0.15, 0.2) is 0 Å². The summed E-state index contributed by atoms with van der Waals surface area (Å²) in [6.07, 6.45) is -2.61. The average Bonchev–Trinajstić information content (AvgIpc) is 2.52. The number of hydrogen-bond donors (Lipinski definition) is 1. The molecule has 2 aromatic carbocycles. The normalized spacial score (nSPS) is 11.7. The van der Waals surface area contributed by atoms with Gasteiger partial charge in [0.2, 0.25) is 0 Å². The van der Waals surface area contributed by atoms with Gasteiger partial charge in [0.05, 0.1) is 12.1 Å². The Morgan fingerprint density at radius 2 is 1.79 bits per heavy atom. The van der Waals surface area contributed by atoms with Crippen LogP contribution in [-0.4, -0.2) is 16.5 Å². The van der Waals surface area contributed by atoms with Crippen LogP contribution in [0.15, 0.2) is 54.7 Å². The Balaban J connectivity index is 1.86. The number of hydrogen-bond acceptors (Lipinski definition) is 3. The molecule has 1 N–H and O–H groups in total. The van der Waals surface area contributed by atoms with E-state index in [1.165, 1.54) is 18.2 Å². The first-order valence-electron chi connectivity index (χ1n) is 7.27. The first-order chi connectivity index (χ1) is 11.4. The number of ether oxygens (including phenoxy) is 1. The van der Waals surface area contributed by atoms with E-state index in [9.17, 15) is 18.3 Å². The van der Waals surface area contributed by atoms with E-state index in [2.05, 4.69) is 9.72 Å². The number of alkyl halides is 3. The Hall–Kier alpha value is -2.60. The van der Waals surface area contributed by atoms with Crippen molar-refractivity contribution in [3.63, 3.8) is 0 Å². The molecular formula is C18H14F3NO2. The smallest absolute Gasteiger partial charge is 0.406 e. The summed E-state index contributed by atoms with van der Waals surface area (Å²) in [6, 6.07) is 13.3. The highest BCUT2D eigenvalue weighted by molar-refractivity contribution is 5.82. The minimum atomic E-state index is -4.70. The van der Waals surface area contributed by atoms with Crippen LogP contribution in [-0.2, 0) is 13.0 Å². The van der Waals surface area contributed by atoms with Crippen molar-refractivity contribution in [1.82, 2.24) is 4.98 Å². The second kappa shape index (κ2) is 6.49. The number of nitrogens with zero attached hydrogens (tertiary/aromatic N) is 1. The summed E-state index contributed by atoms with van der Waals surface area (Å²) in [5.41, 5.74) is 3.01. The van der Waals surface area contributed by atoms with Gasteiger partial charge < -0.3 is 9.84 Å². The maximum Gasteiger partial charge on any atom is 0.573 e. The lowest BCUT2D eigenvalue weighted by Gasteiger charge is -2.10. The molecule has 0 aliphatic heterocycles. The molecule has 24 heavy (non-hydrogen) atoms. The van der Waals surface area contributed by atoms with Crippen LogP contribution in [0, 0.1) is 0 Å². The van der Waals surface area contributed by atoms with Crippen LogP contribution in [0.1, 0.15) is 16.7 Å². The molecule has 3 rings (SSSR count). The summed E-state index contributed by atoms with van der Waals surface area (Å²) in [4.78, 5) is 4.36. The van der Waals surface area contributed by atoms with Crippen molar-refractivity contribution >= 4 is 10.9 Å². The number of halogens is 3. The number of benzene rings is 2. The van der Waals surface area contributed by atoms with Crippen molar-refractivity contribution < 1.29 is 23.0 Å². The standard InChI is InChI=1S/C18H14F3NO2/c19-18(20,21)24-16-6-1-3-12(9-16)7-13-8-14-4-2-5-15(11-23)17(14)22-10-13/h1-6,8-10,23H,7,11H2. The van der Waals surface area contributed by atoms with Gasteiger partial charge in [-0.2, -0.15) is 0 Å². The molecule has 0 saturated carbocycles. The highest BCUT2D eigenvalue weighted by atomic mass is 19.4. The molecule has 0 radical (unpaired) electrons. The minimum absolute atomic E-state index is 0.0967. The lowest BCUT2D eigenvalue weighted by molar-refractivity contribution is -0.274. The van der Waals surface area contributed by atoms with E-state index < -0.39 is 6.36 Å². The van der Waals surface area contributed by atoms with Crippen molar-refractivity contribution in [3.05, 3.63) is 71.4 Å². The molecule has 1 aromatic heterocycles. The Morgan fingerprint density at radius 3 is 2.54 bits per heavy atom. The maximum atomic E-state index is 12.3. The first-order valence-corrected chi connectivity index (χ1v) is 7.27. The number of aliphatic hydroxyl groups is 1. The lowest BCUT2D eigenvalue weighted by Crippen LogP contribution is -2.17. The molecule has 0 fully saturated rings. The van der Waals surface area contributed by atoms with Gasteiger partial charge in [-0.15, -0.1) is 13.2 Å². The fraction of sp³-hybridized carbons (Fsp3) is 0.167. The van der Waals surface area contributed by atoms with E-state index >= 15 is 0 Å². The molecule has 0 aliphatic rings. The number of pyridine rings is 1. The van der Waals surface area contributed by atoms with E-state index in [-0.39, 0.29) is 12.4 Å². The number of aromatic nitrogens is 1. The fourth-order valence-corrected chi connectivity index (χ4v) is 2.58. The molecule has 1 heterocycles. The van der Waals surface area contributed by atoms with Crippen LogP contribution in [0.2, 0.25) is 0 Å². The average molecular weight is 333 g/mol. The maximum absolute atomic E-state index is 12.3. The molecule has 0 atom stereocenters. The van der Waals surface area contributed by atoms with Gasteiger partial charge in [-0.05, 0) is 35.7 Å². The van der Waals surface area contributed by atoms with Crippen molar-refractivity contribution in [2.75, 3.05) is 0 Å². The van der Waals surface area contributed by atoms with E-state index in [0.29, 0.717) is 12.0 Å². The predicted molar refractivity (Wildman–Crippen MR) is 83.6 cm³/mol. The molecule has 0 aliphatic carbocycles. The topological polar surface area (TPSA) is 42.4 Å². The van der Waals surface area contributed by atoms with Gasteiger partial charge in [-0.3, -0.25) is 4.98 Å². The Labute approximate surface area is 136 Å². The Kier molecular flexibility index (Phi) is 4.40. The van der Waals surface area contributed by atoms with Crippen LogP contribution < -0.4 is 4.74 Å².